The van der Waals surface area contributed by atoms with Crippen LogP contribution in [0.5, 0.6) is 0 Å². The standard InChI is InChI=1S/C20H38ClNO/c1-2-3-4-5-6-7-8-9-10-11-12-13-14-15-16-17-18-22-20(23)19-21/h9-10H,2-8,11-19H2,1H3,(H,22,23)/b10-9-. The summed E-state index contributed by atoms with van der Waals surface area (Å²) in [7, 11) is 0. The molecule has 0 saturated heterocycles. The molecular formula is C20H38ClNO. The van der Waals surface area contributed by atoms with Crippen molar-refractivity contribution in [1.82, 2.24) is 5.32 Å². The lowest BCUT2D eigenvalue weighted by molar-refractivity contribution is -0.118. The molecule has 0 aromatic rings. The van der Waals surface area contributed by atoms with E-state index >= 15 is 0 Å². The van der Waals surface area contributed by atoms with E-state index < -0.39 is 0 Å². The van der Waals surface area contributed by atoms with Crippen LogP contribution in [0, 0.1) is 0 Å². The Morgan fingerprint density at radius 2 is 1.26 bits per heavy atom. The van der Waals surface area contributed by atoms with E-state index in [1.807, 2.05) is 0 Å². The molecule has 3 heteroatoms. The first kappa shape index (κ1) is 22.5. The third kappa shape index (κ3) is 19.5. The van der Waals surface area contributed by atoms with Crippen LogP contribution in [0.3, 0.4) is 0 Å². The summed E-state index contributed by atoms with van der Waals surface area (Å²) in [6.07, 6.45) is 23.1. The molecule has 0 aliphatic rings. The highest BCUT2D eigenvalue weighted by Crippen LogP contribution is 2.09. The number of hydrogen-bond donors (Lipinski definition) is 1. The highest BCUT2D eigenvalue weighted by atomic mass is 35.5. The Morgan fingerprint density at radius 3 is 1.78 bits per heavy atom. The van der Waals surface area contributed by atoms with Crippen LogP contribution in [0.25, 0.3) is 0 Å². The second-order valence-corrected chi connectivity index (χ2v) is 6.69. The van der Waals surface area contributed by atoms with Crippen LogP contribution in [0.2, 0.25) is 0 Å². The van der Waals surface area contributed by atoms with Crippen LogP contribution < -0.4 is 5.32 Å². The van der Waals surface area contributed by atoms with Crippen molar-refractivity contribution in [3.8, 4) is 0 Å². The van der Waals surface area contributed by atoms with Gasteiger partial charge < -0.3 is 5.32 Å². The Labute approximate surface area is 149 Å². The van der Waals surface area contributed by atoms with Crippen LogP contribution in [-0.2, 0) is 4.79 Å². The molecule has 0 rings (SSSR count). The van der Waals surface area contributed by atoms with E-state index in [0.29, 0.717) is 0 Å². The SMILES string of the molecule is CCCCCCCC/C=C\CCCCCCCCNC(=O)CCl. The fraction of sp³-hybridized carbons (Fsp3) is 0.850. The second kappa shape index (κ2) is 19.5. The molecule has 0 atom stereocenters. The van der Waals surface area contributed by atoms with E-state index in [1.54, 1.807) is 0 Å². The number of nitrogens with one attached hydrogen (secondary N) is 1. The quantitative estimate of drug-likeness (QED) is 0.185. The largest absolute Gasteiger partial charge is 0.355 e. The number of halogens is 1. The highest BCUT2D eigenvalue weighted by molar-refractivity contribution is 6.27. The van der Waals surface area contributed by atoms with E-state index in [2.05, 4.69) is 24.4 Å². The van der Waals surface area contributed by atoms with Gasteiger partial charge in [-0.1, -0.05) is 76.9 Å². The molecule has 1 N–H and O–H groups in total. The fourth-order valence-corrected chi connectivity index (χ4v) is 2.74. The molecule has 0 saturated carbocycles. The van der Waals surface area contributed by atoms with Gasteiger partial charge in [-0.2, -0.15) is 0 Å². The van der Waals surface area contributed by atoms with Crippen molar-refractivity contribution in [1.29, 1.82) is 0 Å². The summed E-state index contributed by atoms with van der Waals surface area (Å²) < 4.78 is 0. The van der Waals surface area contributed by atoms with E-state index in [1.165, 1.54) is 83.5 Å². The van der Waals surface area contributed by atoms with Crippen molar-refractivity contribution in [2.45, 2.75) is 96.8 Å². The number of allylic oxidation sites excluding steroid dienone is 2. The maximum absolute atomic E-state index is 10.9. The van der Waals surface area contributed by atoms with Gasteiger partial charge >= 0.3 is 0 Å². The Kier molecular flexibility index (Phi) is 19.1. The van der Waals surface area contributed by atoms with Gasteiger partial charge in [0.05, 0.1) is 0 Å². The van der Waals surface area contributed by atoms with Gasteiger partial charge in [0.15, 0.2) is 0 Å². The molecule has 136 valence electrons. The predicted molar refractivity (Wildman–Crippen MR) is 103 cm³/mol. The summed E-state index contributed by atoms with van der Waals surface area (Å²) in [6.45, 7) is 3.04. The summed E-state index contributed by atoms with van der Waals surface area (Å²) in [4.78, 5) is 10.9. The maximum atomic E-state index is 10.9. The molecule has 23 heavy (non-hydrogen) atoms. The lowest BCUT2D eigenvalue weighted by atomic mass is 10.1. The molecule has 0 heterocycles. The first-order valence-electron chi connectivity index (χ1n) is 9.79. The van der Waals surface area contributed by atoms with Gasteiger partial charge in [0.25, 0.3) is 0 Å². The normalized spacial score (nSPS) is 11.2. The van der Waals surface area contributed by atoms with Crippen molar-refractivity contribution in [2.75, 3.05) is 12.4 Å². The van der Waals surface area contributed by atoms with Crippen LogP contribution in [-0.4, -0.2) is 18.3 Å². The molecule has 0 aromatic carbocycles. The van der Waals surface area contributed by atoms with Crippen molar-refractivity contribution in [3.63, 3.8) is 0 Å². The minimum Gasteiger partial charge on any atom is -0.355 e. The van der Waals surface area contributed by atoms with Gasteiger partial charge in [-0.3, -0.25) is 4.79 Å². The Morgan fingerprint density at radius 1 is 0.783 bits per heavy atom. The molecule has 0 bridgehead atoms. The third-order valence-electron chi connectivity index (χ3n) is 4.13. The molecule has 2 nitrogen and oxygen atoms in total. The van der Waals surface area contributed by atoms with Gasteiger partial charge in [-0.05, 0) is 32.1 Å². The Hall–Kier alpha value is -0.500. The zero-order chi connectivity index (χ0) is 17.0. The van der Waals surface area contributed by atoms with Crippen molar-refractivity contribution < 1.29 is 4.79 Å². The van der Waals surface area contributed by atoms with E-state index in [9.17, 15) is 4.79 Å². The number of alkyl halides is 1. The minimum absolute atomic E-state index is 0.0561. The summed E-state index contributed by atoms with van der Waals surface area (Å²) in [6, 6.07) is 0. The third-order valence-corrected chi connectivity index (χ3v) is 4.37. The lowest BCUT2D eigenvalue weighted by Crippen LogP contribution is -2.25. The lowest BCUT2D eigenvalue weighted by Gasteiger charge is -2.03. The average molecular weight is 344 g/mol. The van der Waals surface area contributed by atoms with Crippen molar-refractivity contribution in [3.05, 3.63) is 12.2 Å². The molecule has 0 fully saturated rings. The van der Waals surface area contributed by atoms with Gasteiger partial charge in [-0.15, -0.1) is 11.6 Å². The maximum Gasteiger partial charge on any atom is 0.234 e. The topological polar surface area (TPSA) is 29.1 Å². The fourth-order valence-electron chi connectivity index (χ4n) is 2.65. The van der Waals surface area contributed by atoms with Gasteiger partial charge in [0.2, 0.25) is 5.91 Å². The molecule has 0 radical (unpaired) electrons. The van der Waals surface area contributed by atoms with Crippen LogP contribution in [0.4, 0.5) is 0 Å². The van der Waals surface area contributed by atoms with Gasteiger partial charge in [0, 0.05) is 6.54 Å². The number of rotatable bonds is 17. The Bertz CT molecular complexity index is 279. The molecule has 0 spiro atoms. The summed E-state index contributed by atoms with van der Waals surface area (Å²) in [5, 5.41) is 2.80. The molecular weight excluding hydrogens is 306 g/mol. The number of hydrogen-bond acceptors (Lipinski definition) is 1. The first-order chi connectivity index (χ1) is 11.3. The van der Waals surface area contributed by atoms with Crippen molar-refractivity contribution >= 4 is 17.5 Å². The molecule has 0 unspecified atom stereocenters. The number of amides is 1. The van der Waals surface area contributed by atoms with E-state index in [0.717, 1.165) is 13.0 Å². The van der Waals surface area contributed by atoms with Crippen LogP contribution in [0.15, 0.2) is 12.2 Å². The van der Waals surface area contributed by atoms with Gasteiger partial charge in [-0.25, -0.2) is 0 Å². The number of carbonyl (C=O) groups is 1. The minimum atomic E-state index is -0.0561. The van der Waals surface area contributed by atoms with Crippen LogP contribution in [0.1, 0.15) is 96.8 Å². The average Bonchev–Trinajstić information content (AvgIpc) is 2.57. The van der Waals surface area contributed by atoms with E-state index in [4.69, 9.17) is 11.6 Å². The number of unbranched alkanes of at least 4 members (excludes halogenated alkanes) is 12. The van der Waals surface area contributed by atoms with Crippen molar-refractivity contribution in [2.24, 2.45) is 0 Å². The molecule has 0 aliphatic carbocycles. The number of carbonyl (C=O) groups excluding carboxylic acids is 1. The highest BCUT2D eigenvalue weighted by Gasteiger charge is 1.96. The summed E-state index contributed by atoms with van der Waals surface area (Å²) in [5.41, 5.74) is 0. The monoisotopic (exact) mass is 343 g/mol. The first-order valence-corrected chi connectivity index (χ1v) is 10.3. The molecule has 0 aromatic heterocycles. The smallest absolute Gasteiger partial charge is 0.234 e. The molecule has 0 aliphatic heterocycles. The van der Waals surface area contributed by atoms with Gasteiger partial charge in [0.1, 0.15) is 5.88 Å². The second-order valence-electron chi connectivity index (χ2n) is 6.42. The molecule has 1 amide bonds. The van der Waals surface area contributed by atoms with E-state index in [-0.39, 0.29) is 11.8 Å². The summed E-state index contributed by atoms with van der Waals surface area (Å²) >= 11 is 5.41. The Balaban J connectivity index is 3.09. The summed E-state index contributed by atoms with van der Waals surface area (Å²) in [5.74, 6) is 0.0197. The predicted octanol–water partition coefficient (Wildman–Crippen LogP) is 6.38. The van der Waals surface area contributed by atoms with Crippen LogP contribution >= 0.6 is 11.6 Å². The zero-order valence-corrected chi connectivity index (χ0v) is 16.0. The zero-order valence-electron chi connectivity index (χ0n) is 15.3.